The van der Waals surface area contributed by atoms with Gasteiger partial charge in [0.2, 0.25) is 0 Å². The molecule has 6 nitrogen and oxygen atoms in total. The molecule has 3 rings (SSSR count). The summed E-state index contributed by atoms with van der Waals surface area (Å²) in [5.74, 6) is -1.90. The lowest BCUT2D eigenvalue weighted by atomic mass is 10.1. The molecule has 1 saturated heterocycles. The fourth-order valence-corrected chi connectivity index (χ4v) is 2.90. The topological polar surface area (TPSA) is 71.8 Å². The third-order valence-electron chi connectivity index (χ3n) is 4.21. The number of nitrogens with zero attached hydrogens (tertiary/aromatic N) is 3. The van der Waals surface area contributed by atoms with E-state index in [9.17, 15) is 13.6 Å². The highest BCUT2D eigenvalue weighted by atomic mass is 19.1. The molecule has 0 aliphatic carbocycles. The van der Waals surface area contributed by atoms with Crippen molar-refractivity contribution < 1.29 is 13.6 Å². The molecule has 0 bridgehead atoms. The Hall–Kier alpha value is -2.35. The van der Waals surface area contributed by atoms with Crippen LogP contribution >= 0.6 is 0 Å². The Balaban J connectivity index is 1.70. The summed E-state index contributed by atoms with van der Waals surface area (Å²) in [6, 6.07) is 3.00. The van der Waals surface area contributed by atoms with E-state index in [1.54, 1.807) is 10.9 Å². The molecule has 2 aromatic rings. The molecule has 1 aliphatic heterocycles. The summed E-state index contributed by atoms with van der Waals surface area (Å²) in [7, 11) is 0. The van der Waals surface area contributed by atoms with Crippen molar-refractivity contribution in [2.24, 2.45) is 0 Å². The molecule has 1 aromatic carbocycles. The number of rotatable bonds is 4. The summed E-state index contributed by atoms with van der Waals surface area (Å²) >= 11 is 0. The molecular formula is C16H19F2N5O. The van der Waals surface area contributed by atoms with Crippen molar-refractivity contribution in [3.63, 3.8) is 0 Å². The number of nitrogens with one attached hydrogen (secondary N) is 2. The maximum absolute atomic E-state index is 13.8. The average Bonchev–Trinajstić information content (AvgIpc) is 3.05. The zero-order valence-corrected chi connectivity index (χ0v) is 13.3. The van der Waals surface area contributed by atoms with Crippen LogP contribution in [0.5, 0.6) is 0 Å². The first-order chi connectivity index (χ1) is 11.6. The fraction of sp³-hybridized carbons (Fsp3) is 0.438. The minimum atomic E-state index is -0.817. The van der Waals surface area contributed by atoms with E-state index in [2.05, 4.69) is 20.9 Å². The second-order valence-corrected chi connectivity index (χ2v) is 5.90. The first-order valence-electron chi connectivity index (χ1n) is 7.93. The quantitative estimate of drug-likeness (QED) is 0.896. The van der Waals surface area contributed by atoms with Gasteiger partial charge < -0.3 is 10.6 Å². The first-order valence-corrected chi connectivity index (χ1v) is 7.93. The van der Waals surface area contributed by atoms with Gasteiger partial charge >= 0.3 is 0 Å². The van der Waals surface area contributed by atoms with Gasteiger partial charge in [0.05, 0.1) is 18.3 Å². The van der Waals surface area contributed by atoms with Crippen LogP contribution in [0.4, 0.5) is 8.78 Å². The molecule has 2 heterocycles. The van der Waals surface area contributed by atoms with Crippen LogP contribution in [0.2, 0.25) is 0 Å². The second-order valence-electron chi connectivity index (χ2n) is 5.90. The van der Waals surface area contributed by atoms with E-state index in [1.165, 1.54) is 13.0 Å². The van der Waals surface area contributed by atoms with Crippen LogP contribution in [0, 0.1) is 11.6 Å². The van der Waals surface area contributed by atoms with Gasteiger partial charge in [-0.05, 0) is 45.0 Å². The van der Waals surface area contributed by atoms with Gasteiger partial charge in [-0.2, -0.15) is 0 Å². The minimum Gasteiger partial charge on any atom is -0.344 e. The van der Waals surface area contributed by atoms with Gasteiger partial charge in [-0.15, -0.1) is 5.10 Å². The van der Waals surface area contributed by atoms with Crippen LogP contribution in [-0.2, 0) is 0 Å². The van der Waals surface area contributed by atoms with Gasteiger partial charge in [0.25, 0.3) is 5.91 Å². The number of hydrogen-bond acceptors (Lipinski definition) is 4. The number of aromatic nitrogens is 3. The zero-order valence-electron chi connectivity index (χ0n) is 13.3. The van der Waals surface area contributed by atoms with Crippen molar-refractivity contribution in [2.45, 2.75) is 31.8 Å². The highest BCUT2D eigenvalue weighted by Gasteiger charge is 2.22. The highest BCUT2D eigenvalue weighted by Crippen LogP contribution is 2.21. The highest BCUT2D eigenvalue weighted by molar-refractivity contribution is 5.92. The Morgan fingerprint density at radius 2 is 2.00 bits per heavy atom. The van der Waals surface area contributed by atoms with Crippen molar-refractivity contribution in [1.29, 1.82) is 0 Å². The number of carbonyl (C=O) groups excluding carboxylic acids is 1. The molecule has 24 heavy (non-hydrogen) atoms. The van der Waals surface area contributed by atoms with Gasteiger partial charge in [0, 0.05) is 5.56 Å². The Labute approximate surface area is 138 Å². The van der Waals surface area contributed by atoms with Gasteiger partial charge in [0.1, 0.15) is 11.6 Å². The molecule has 0 saturated carbocycles. The number of halogens is 2. The van der Waals surface area contributed by atoms with Crippen molar-refractivity contribution in [3.8, 4) is 0 Å². The summed E-state index contributed by atoms with van der Waals surface area (Å²) in [6.07, 6.45) is 3.41. The van der Waals surface area contributed by atoms with Gasteiger partial charge in [-0.1, -0.05) is 11.3 Å². The number of hydrogen-bond donors (Lipinski definition) is 2. The number of piperidine rings is 1. The van der Waals surface area contributed by atoms with Gasteiger partial charge in [0.15, 0.2) is 5.69 Å². The van der Waals surface area contributed by atoms with E-state index >= 15 is 0 Å². The van der Waals surface area contributed by atoms with E-state index < -0.39 is 23.6 Å². The summed E-state index contributed by atoms with van der Waals surface area (Å²) in [4.78, 5) is 12.3. The van der Waals surface area contributed by atoms with Crippen molar-refractivity contribution in [1.82, 2.24) is 25.6 Å². The third kappa shape index (κ3) is 3.43. The molecule has 2 N–H and O–H groups in total. The maximum atomic E-state index is 13.8. The fourth-order valence-electron chi connectivity index (χ4n) is 2.90. The summed E-state index contributed by atoms with van der Waals surface area (Å²) in [5, 5.41) is 13.7. The maximum Gasteiger partial charge on any atom is 0.273 e. The van der Waals surface area contributed by atoms with Crippen LogP contribution in [0.25, 0.3) is 0 Å². The molecule has 1 amide bonds. The predicted octanol–water partition coefficient (Wildman–Crippen LogP) is 1.97. The van der Waals surface area contributed by atoms with Crippen LogP contribution in [0.3, 0.4) is 0 Å². The van der Waals surface area contributed by atoms with Crippen LogP contribution in [0.15, 0.2) is 24.4 Å². The lowest BCUT2D eigenvalue weighted by Crippen LogP contribution is -2.30. The molecule has 0 spiro atoms. The van der Waals surface area contributed by atoms with Crippen LogP contribution < -0.4 is 10.6 Å². The Kier molecular flexibility index (Phi) is 4.84. The molecule has 128 valence electrons. The van der Waals surface area contributed by atoms with Gasteiger partial charge in [-0.3, -0.25) is 4.79 Å². The number of amides is 1. The number of benzene rings is 1. The third-order valence-corrected chi connectivity index (χ3v) is 4.21. The zero-order chi connectivity index (χ0) is 17.1. The Morgan fingerprint density at radius 1 is 1.33 bits per heavy atom. The minimum absolute atomic E-state index is 0.136. The SMILES string of the molecule is CC(NC(=O)c1cn(C2CCNCC2)nn1)c1c(F)cccc1F. The monoisotopic (exact) mass is 335 g/mol. The summed E-state index contributed by atoms with van der Waals surface area (Å²) < 4.78 is 29.2. The number of carbonyl (C=O) groups is 1. The van der Waals surface area contributed by atoms with Crippen LogP contribution in [0.1, 0.15) is 47.9 Å². The Morgan fingerprint density at radius 3 is 2.67 bits per heavy atom. The van der Waals surface area contributed by atoms with E-state index in [0.29, 0.717) is 0 Å². The van der Waals surface area contributed by atoms with E-state index in [0.717, 1.165) is 38.1 Å². The van der Waals surface area contributed by atoms with E-state index in [-0.39, 0.29) is 17.3 Å². The second kappa shape index (κ2) is 7.04. The Bertz CT molecular complexity index is 707. The van der Waals surface area contributed by atoms with Gasteiger partial charge in [-0.25, -0.2) is 13.5 Å². The predicted molar refractivity (Wildman–Crippen MR) is 83.4 cm³/mol. The molecule has 8 heteroatoms. The van der Waals surface area contributed by atoms with Crippen LogP contribution in [-0.4, -0.2) is 34.0 Å². The first kappa shape index (κ1) is 16.5. The van der Waals surface area contributed by atoms with Crippen molar-refractivity contribution in [3.05, 3.63) is 47.3 Å². The average molecular weight is 335 g/mol. The molecule has 1 unspecified atom stereocenters. The lowest BCUT2D eigenvalue weighted by Gasteiger charge is -2.22. The summed E-state index contributed by atoms with van der Waals surface area (Å²) in [5.41, 5.74) is -0.0336. The normalized spacial score (nSPS) is 16.8. The molecule has 0 radical (unpaired) electrons. The smallest absolute Gasteiger partial charge is 0.273 e. The summed E-state index contributed by atoms with van der Waals surface area (Å²) in [6.45, 7) is 3.32. The molecule has 1 aromatic heterocycles. The largest absolute Gasteiger partial charge is 0.344 e. The van der Waals surface area contributed by atoms with E-state index in [1.807, 2.05) is 0 Å². The lowest BCUT2D eigenvalue weighted by molar-refractivity contribution is 0.0933. The molecular weight excluding hydrogens is 316 g/mol. The molecule has 1 aliphatic rings. The molecule has 1 atom stereocenters. The standard InChI is InChI=1S/C16H19F2N5O/c1-10(15-12(17)3-2-4-13(15)18)20-16(24)14-9-23(22-21-14)11-5-7-19-8-6-11/h2-4,9-11,19H,5-8H2,1H3,(H,20,24). The van der Waals surface area contributed by atoms with Crippen molar-refractivity contribution in [2.75, 3.05) is 13.1 Å². The van der Waals surface area contributed by atoms with E-state index in [4.69, 9.17) is 0 Å². The molecule has 1 fully saturated rings. The van der Waals surface area contributed by atoms with Crippen molar-refractivity contribution >= 4 is 5.91 Å².